The van der Waals surface area contributed by atoms with Crippen LogP contribution >= 0.6 is 11.3 Å². The fourth-order valence-electron chi connectivity index (χ4n) is 7.38. The first-order chi connectivity index (χ1) is 24.3. The maximum absolute atomic E-state index is 5.25. The summed E-state index contributed by atoms with van der Waals surface area (Å²) in [6, 6.07) is 58.7. The molecule has 49 heavy (non-hydrogen) atoms. The van der Waals surface area contributed by atoms with E-state index in [0.717, 1.165) is 38.6 Å². The number of hydrogen-bond acceptors (Lipinski definition) is 3. The van der Waals surface area contributed by atoms with Crippen LogP contribution in [0.5, 0.6) is 0 Å². The van der Waals surface area contributed by atoms with Crippen LogP contribution in [0.1, 0.15) is 0 Å². The van der Waals surface area contributed by atoms with Gasteiger partial charge >= 0.3 is 0 Å². The average Bonchev–Trinajstić information content (AvgIpc) is 3.58. The predicted octanol–water partition coefficient (Wildman–Crippen LogP) is 13.0. The first-order valence-corrected chi connectivity index (χ1v) is 17.4. The van der Waals surface area contributed by atoms with Gasteiger partial charge < -0.3 is 0 Å². The van der Waals surface area contributed by atoms with E-state index in [0.29, 0.717) is 0 Å². The molecule has 0 fully saturated rings. The molecule has 0 atom stereocenters. The molecule has 0 bridgehead atoms. The molecule has 228 valence electrons. The molecule has 0 spiro atoms. The second-order valence-corrected chi connectivity index (χ2v) is 13.6. The maximum atomic E-state index is 5.25. The van der Waals surface area contributed by atoms with Gasteiger partial charge in [-0.1, -0.05) is 152 Å². The van der Waals surface area contributed by atoms with Gasteiger partial charge in [0, 0.05) is 36.5 Å². The summed E-state index contributed by atoms with van der Waals surface area (Å²) in [5.41, 5.74) is 11.1. The predicted molar refractivity (Wildman–Crippen MR) is 209 cm³/mol. The zero-order valence-electron chi connectivity index (χ0n) is 26.5. The zero-order valence-corrected chi connectivity index (χ0v) is 27.3. The molecule has 10 aromatic rings. The quantitative estimate of drug-likeness (QED) is 0.179. The number of aromatic nitrogens is 2. The van der Waals surface area contributed by atoms with Gasteiger partial charge in [-0.05, 0) is 56.3 Å². The Kier molecular flexibility index (Phi) is 6.39. The van der Waals surface area contributed by atoms with Crippen LogP contribution in [0, 0.1) is 0 Å². The van der Waals surface area contributed by atoms with Gasteiger partial charge in [-0.15, -0.1) is 11.3 Å². The fourth-order valence-corrected chi connectivity index (χ4v) is 8.75. The van der Waals surface area contributed by atoms with Gasteiger partial charge in [0.15, 0.2) is 0 Å². The maximum Gasteiger partial charge on any atom is 0.0979 e. The third-order valence-electron chi connectivity index (χ3n) is 9.70. The van der Waals surface area contributed by atoms with E-state index in [1.807, 2.05) is 17.5 Å². The second-order valence-electron chi connectivity index (χ2n) is 12.5. The van der Waals surface area contributed by atoms with Gasteiger partial charge in [0.2, 0.25) is 0 Å². The highest BCUT2D eigenvalue weighted by Crippen LogP contribution is 2.44. The van der Waals surface area contributed by atoms with Crippen molar-refractivity contribution in [2.45, 2.75) is 0 Å². The van der Waals surface area contributed by atoms with Gasteiger partial charge in [-0.2, -0.15) is 0 Å². The van der Waals surface area contributed by atoms with Crippen LogP contribution < -0.4 is 0 Å². The number of benzene rings is 8. The Morgan fingerprint density at radius 1 is 0.347 bits per heavy atom. The van der Waals surface area contributed by atoms with Crippen LogP contribution in [-0.2, 0) is 0 Å². The second kappa shape index (κ2) is 11.2. The molecule has 0 aliphatic heterocycles. The highest BCUT2D eigenvalue weighted by molar-refractivity contribution is 7.26. The Balaban J connectivity index is 1.08. The van der Waals surface area contributed by atoms with Gasteiger partial charge in [0.25, 0.3) is 0 Å². The summed E-state index contributed by atoms with van der Waals surface area (Å²) in [5.74, 6) is 0. The van der Waals surface area contributed by atoms with E-state index in [1.54, 1.807) is 0 Å². The lowest BCUT2D eigenvalue weighted by atomic mass is 9.96. The van der Waals surface area contributed by atoms with Crippen LogP contribution in [0.25, 0.3) is 97.4 Å². The molecule has 3 heteroatoms. The standard InChI is InChI=1S/C46H28N2S/c1-2-12-29(13-3-1)34-22-10-24-40-41-25-11-23-35(46(41)49-45(34)40)32-16-8-14-30(26-32)31-15-9-17-33(27-31)42-28-47-43-38-20-6-4-18-36(38)37-19-5-7-21-39(37)44(43)48-42/h1-28H. The van der Waals surface area contributed by atoms with E-state index >= 15 is 0 Å². The van der Waals surface area contributed by atoms with Crippen molar-refractivity contribution in [3.05, 3.63) is 170 Å². The van der Waals surface area contributed by atoms with Crippen LogP contribution in [0.2, 0.25) is 0 Å². The minimum atomic E-state index is 0.871. The van der Waals surface area contributed by atoms with Gasteiger partial charge in [-0.25, -0.2) is 4.98 Å². The lowest BCUT2D eigenvalue weighted by molar-refractivity contribution is 1.31. The third kappa shape index (κ3) is 4.55. The molecule has 0 N–H and O–H groups in total. The summed E-state index contributed by atoms with van der Waals surface area (Å²) < 4.78 is 2.65. The number of nitrogens with zero attached hydrogens (tertiary/aromatic N) is 2. The Morgan fingerprint density at radius 2 is 0.816 bits per heavy atom. The van der Waals surface area contributed by atoms with E-state index in [1.165, 1.54) is 58.8 Å². The fraction of sp³-hybridized carbons (Fsp3) is 0. The number of hydrogen-bond donors (Lipinski definition) is 0. The SMILES string of the molecule is c1ccc(-c2cccc3c2sc2c(-c4cccc(-c5cccc(-c6cnc7c8ccccc8c8ccccc8c7n6)c5)c4)cccc23)cc1. The molecule has 0 aliphatic carbocycles. The van der Waals surface area contributed by atoms with Crippen LogP contribution in [0.3, 0.4) is 0 Å². The van der Waals surface area contributed by atoms with Crippen molar-refractivity contribution in [1.29, 1.82) is 0 Å². The van der Waals surface area contributed by atoms with Crippen LogP contribution in [0.4, 0.5) is 0 Å². The normalized spacial score (nSPS) is 11.7. The minimum absolute atomic E-state index is 0.871. The largest absolute Gasteiger partial charge is 0.252 e. The molecule has 0 unspecified atom stereocenters. The smallest absolute Gasteiger partial charge is 0.0979 e. The first-order valence-electron chi connectivity index (χ1n) is 16.6. The molecule has 0 saturated carbocycles. The molecular weight excluding hydrogens is 613 g/mol. The molecule has 0 amide bonds. The van der Waals surface area contributed by atoms with Crippen molar-refractivity contribution < 1.29 is 0 Å². The minimum Gasteiger partial charge on any atom is -0.252 e. The van der Waals surface area contributed by atoms with Crippen LogP contribution in [0.15, 0.2) is 170 Å². The van der Waals surface area contributed by atoms with Gasteiger partial charge in [0.1, 0.15) is 0 Å². The molecule has 10 rings (SSSR count). The molecule has 8 aromatic carbocycles. The molecular formula is C46H28N2S. The molecule has 0 saturated heterocycles. The lowest BCUT2D eigenvalue weighted by Crippen LogP contribution is -1.92. The van der Waals surface area contributed by atoms with Gasteiger partial charge in [0.05, 0.1) is 22.9 Å². The summed E-state index contributed by atoms with van der Waals surface area (Å²) in [4.78, 5) is 10.2. The summed E-state index contributed by atoms with van der Waals surface area (Å²) in [6.07, 6.45) is 1.92. The molecule has 0 radical (unpaired) electrons. The lowest BCUT2D eigenvalue weighted by Gasteiger charge is -2.11. The Morgan fingerprint density at radius 3 is 1.49 bits per heavy atom. The highest BCUT2D eigenvalue weighted by Gasteiger charge is 2.15. The van der Waals surface area contributed by atoms with E-state index in [-0.39, 0.29) is 0 Å². The van der Waals surface area contributed by atoms with Gasteiger partial charge in [-0.3, -0.25) is 4.98 Å². The molecule has 2 heterocycles. The van der Waals surface area contributed by atoms with E-state index < -0.39 is 0 Å². The van der Waals surface area contributed by atoms with Crippen molar-refractivity contribution >= 4 is 64.1 Å². The monoisotopic (exact) mass is 640 g/mol. The summed E-state index contributed by atoms with van der Waals surface area (Å²) in [5, 5.41) is 7.28. The first kappa shape index (κ1) is 27.9. The summed E-state index contributed by atoms with van der Waals surface area (Å²) >= 11 is 1.89. The number of thiophene rings is 1. The number of rotatable bonds is 4. The molecule has 0 aliphatic rings. The van der Waals surface area contributed by atoms with E-state index in [2.05, 4.69) is 164 Å². The van der Waals surface area contributed by atoms with Crippen LogP contribution in [-0.4, -0.2) is 9.97 Å². The van der Waals surface area contributed by atoms with Crippen molar-refractivity contribution in [2.24, 2.45) is 0 Å². The summed E-state index contributed by atoms with van der Waals surface area (Å²) in [7, 11) is 0. The average molecular weight is 641 g/mol. The topological polar surface area (TPSA) is 25.8 Å². The van der Waals surface area contributed by atoms with Crippen molar-refractivity contribution in [3.8, 4) is 44.6 Å². The number of fused-ring (bicyclic) bond motifs is 9. The zero-order chi connectivity index (χ0) is 32.3. The molecule has 2 nitrogen and oxygen atoms in total. The Bertz CT molecular complexity index is 2850. The third-order valence-corrected chi connectivity index (χ3v) is 11.0. The van der Waals surface area contributed by atoms with Crippen molar-refractivity contribution in [3.63, 3.8) is 0 Å². The Labute approximate surface area is 287 Å². The van der Waals surface area contributed by atoms with Crippen molar-refractivity contribution in [2.75, 3.05) is 0 Å². The van der Waals surface area contributed by atoms with Crippen molar-refractivity contribution in [1.82, 2.24) is 9.97 Å². The van der Waals surface area contributed by atoms with E-state index in [4.69, 9.17) is 9.97 Å². The Hall–Kier alpha value is -6.16. The van der Waals surface area contributed by atoms with E-state index in [9.17, 15) is 0 Å². The summed E-state index contributed by atoms with van der Waals surface area (Å²) in [6.45, 7) is 0. The molecule has 2 aromatic heterocycles. The highest BCUT2D eigenvalue weighted by atomic mass is 32.1.